The summed E-state index contributed by atoms with van der Waals surface area (Å²) in [6, 6.07) is 9.96. The second-order valence-electron chi connectivity index (χ2n) is 5.24. The Morgan fingerprint density at radius 2 is 1.59 bits per heavy atom. The summed E-state index contributed by atoms with van der Waals surface area (Å²) in [4.78, 5) is 4.53. The SMILES string of the molecule is CC(C)C(CN=C(N)c1ccccc1)C(C)C. The van der Waals surface area contributed by atoms with E-state index < -0.39 is 0 Å². The number of rotatable bonds is 5. The van der Waals surface area contributed by atoms with E-state index in [1.807, 2.05) is 30.3 Å². The first-order valence-corrected chi connectivity index (χ1v) is 6.37. The average molecular weight is 232 g/mol. The maximum atomic E-state index is 5.99. The molecule has 1 aromatic rings. The highest BCUT2D eigenvalue weighted by Gasteiger charge is 2.16. The van der Waals surface area contributed by atoms with Gasteiger partial charge in [0, 0.05) is 12.1 Å². The van der Waals surface area contributed by atoms with Gasteiger partial charge in [-0.15, -0.1) is 0 Å². The van der Waals surface area contributed by atoms with Gasteiger partial charge in [-0.25, -0.2) is 0 Å². The van der Waals surface area contributed by atoms with E-state index in [9.17, 15) is 0 Å². The van der Waals surface area contributed by atoms with E-state index in [0.29, 0.717) is 23.6 Å². The van der Waals surface area contributed by atoms with E-state index in [1.165, 1.54) is 0 Å². The van der Waals surface area contributed by atoms with E-state index >= 15 is 0 Å². The number of amidine groups is 1. The Balaban J connectivity index is 2.70. The summed E-state index contributed by atoms with van der Waals surface area (Å²) in [5.74, 6) is 2.53. The molecule has 2 nitrogen and oxygen atoms in total. The van der Waals surface area contributed by atoms with Gasteiger partial charge >= 0.3 is 0 Å². The lowest BCUT2D eigenvalue weighted by Gasteiger charge is -2.22. The molecule has 0 aliphatic rings. The zero-order chi connectivity index (χ0) is 12.8. The smallest absolute Gasteiger partial charge is 0.125 e. The Kier molecular flexibility index (Phi) is 5.20. The van der Waals surface area contributed by atoms with Crippen LogP contribution in [0.15, 0.2) is 35.3 Å². The molecule has 0 aromatic heterocycles. The number of nitrogens with two attached hydrogens (primary N) is 1. The number of hydrogen-bond donors (Lipinski definition) is 1. The topological polar surface area (TPSA) is 38.4 Å². The predicted octanol–water partition coefficient (Wildman–Crippen LogP) is 3.32. The van der Waals surface area contributed by atoms with Gasteiger partial charge in [0.25, 0.3) is 0 Å². The van der Waals surface area contributed by atoms with E-state index in [-0.39, 0.29) is 0 Å². The highest BCUT2D eigenvalue weighted by atomic mass is 14.9. The molecule has 1 aromatic carbocycles. The molecule has 0 radical (unpaired) electrons. The van der Waals surface area contributed by atoms with Gasteiger partial charge < -0.3 is 5.73 Å². The van der Waals surface area contributed by atoms with Crippen molar-refractivity contribution in [3.8, 4) is 0 Å². The Bertz CT molecular complexity index is 344. The fraction of sp³-hybridized carbons (Fsp3) is 0.533. The summed E-state index contributed by atoms with van der Waals surface area (Å²) in [5, 5.41) is 0. The first kappa shape index (κ1) is 13.8. The molecule has 0 spiro atoms. The van der Waals surface area contributed by atoms with Crippen molar-refractivity contribution in [3.63, 3.8) is 0 Å². The van der Waals surface area contributed by atoms with Crippen molar-refractivity contribution in [2.45, 2.75) is 27.7 Å². The summed E-state index contributed by atoms with van der Waals surface area (Å²) in [6.07, 6.45) is 0. The van der Waals surface area contributed by atoms with Gasteiger partial charge in [0.1, 0.15) is 5.84 Å². The highest BCUT2D eigenvalue weighted by molar-refractivity contribution is 5.97. The second-order valence-corrected chi connectivity index (χ2v) is 5.24. The zero-order valence-electron chi connectivity index (χ0n) is 11.4. The molecule has 0 fully saturated rings. The van der Waals surface area contributed by atoms with E-state index in [0.717, 1.165) is 12.1 Å². The molecular formula is C15H24N2. The molecule has 0 aliphatic carbocycles. The molecule has 0 aliphatic heterocycles. The number of hydrogen-bond acceptors (Lipinski definition) is 1. The van der Waals surface area contributed by atoms with Crippen LogP contribution in [0.25, 0.3) is 0 Å². The van der Waals surface area contributed by atoms with Gasteiger partial charge in [-0.3, -0.25) is 4.99 Å². The maximum absolute atomic E-state index is 5.99. The van der Waals surface area contributed by atoms with Crippen LogP contribution in [-0.2, 0) is 0 Å². The lowest BCUT2D eigenvalue weighted by molar-refractivity contribution is 0.298. The summed E-state index contributed by atoms with van der Waals surface area (Å²) >= 11 is 0. The Morgan fingerprint density at radius 3 is 2.06 bits per heavy atom. The molecule has 0 saturated heterocycles. The molecular weight excluding hydrogens is 208 g/mol. The van der Waals surface area contributed by atoms with Crippen LogP contribution >= 0.6 is 0 Å². The highest BCUT2D eigenvalue weighted by Crippen LogP contribution is 2.20. The summed E-state index contributed by atoms with van der Waals surface area (Å²) in [5.41, 5.74) is 7.01. The lowest BCUT2D eigenvalue weighted by Crippen LogP contribution is -2.22. The minimum absolute atomic E-state index is 0.595. The fourth-order valence-electron chi connectivity index (χ4n) is 2.10. The van der Waals surface area contributed by atoms with Crippen LogP contribution in [0.2, 0.25) is 0 Å². The van der Waals surface area contributed by atoms with Crippen LogP contribution in [0.4, 0.5) is 0 Å². The van der Waals surface area contributed by atoms with Crippen molar-refractivity contribution in [1.29, 1.82) is 0 Å². The van der Waals surface area contributed by atoms with Gasteiger partial charge in [0.05, 0.1) is 0 Å². The zero-order valence-corrected chi connectivity index (χ0v) is 11.4. The summed E-state index contributed by atoms with van der Waals surface area (Å²) in [7, 11) is 0. The third-order valence-electron chi connectivity index (χ3n) is 3.25. The van der Waals surface area contributed by atoms with Crippen molar-refractivity contribution in [3.05, 3.63) is 35.9 Å². The van der Waals surface area contributed by atoms with E-state index in [2.05, 4.69) is 32.7 Å². The van der Waals surface area contributed by atoms with Crippen LogP contribution in [0, 0.1) is 17.8 Å². The van der Waals surface area contributed by atoms with Crippen molar-refractivity contribution >= 4 is 5.84 Å². The quantitative estimate of drug-likeness (QED) is 0.614. The van der Waals surface area contributed by atoms with Crippen molar-refractivity contribution in [1.82, 2.24) is 0 Å². The van der Waals surface area contributed by atoms with Crippen molar-refractivity contribution < 1.29 is 0 Å². The van der Waals surface area contributed by atoms with E-state index in [1.54, 1.807) is 0 Å². The number of aliphatic imine (C=N–C) groups is 1. The Morgan fingerprint density at radius 1 is 1.06 bits per heavy atom. The minimum Gasteiger partial charge on any atom is -0.384 e. The first-order chi connectivity index (χ1) is 8.02. The van der Waals surface area contributed by atoms with Gasteiger partial charge in [-0.05, 0) is 17.8 Å². The van der Waals surface area contributed by atoms with Gasteiger partial charge in [-0.1, -0.05) is 58.0 Å². The molecule has 0 saturated carbocycles. The molecule has 0 amide bonds. The lowest BCUT2D eigenvalue weighted by atomic mass is 9.86. The summed E-state index contributed by atoms with van der Waals surface area (Å²) < 4.78 is 0. The molecule has 2 heteroatoms. The fourth-order valence-corrected chi connectivity index (χ4v) is 2.10. The van der Waals surface area contributed by atoms with Crippen LogP contribution < -0.4 is 5.73 Å². The van der Waals surface area contributed by atoms with Crippen LogP contribution in [0.5, 0.6) is 0 Å². The van der Waals surface area contributed by atoms with E-state index in [4.69, 9.17) is 5.73 Å². The molecule has 17 heavy (non-hydrogen) atoms. The molecule has 1 rings (SSSR count). The maximum Gasteiger partial charge on any atom is 0.125 e. The van der Waals surface area contributed by atoms with Crippen LogP contribution in [0.3, 0.4) is 0 Å². The number of nitrogens with zero attached hydrogens (tertiary/aromatic N) is 1. The largest absolute Gasteiger partial charge is 0.384 e. The Labute approximate surface area is 105 Å². The molecule has 2 N–H and O–H groups in total. The Hall–Kier alpha value is -1.31. The monoisotopic (exact) mass is 232 g/mol. The molecule has 94 valence electrons. The molecule has 0 heterocycles. The van der Waals surface area contributed by atoms with Crippen LogP contribution in [-0.4, -0.2) is 12.4 Å². The molecule has 0 bridgehead atoms. The van der Waals surface area contributed by atoms with Gasteiger partial charge in [0.15, 0.2) is 0 Å². The van der Waals surface area contributed by atoms with Crippen molar-refractivity contribution in [2.24, 2.45) is 28.5 Å². The molecule has 0 unspecified atom stereocenters. The molecule has 0 atom stereocenters. The third-order valence-corrected chi connectivity index (χ3v) is 3.25. The first-order valence-electron chi connectivity index (χ1n) is 6.37. The normalized spacial score (nSPS) is 12.8. The van der Waals surface area contributed by atoms with Crippen LogP contribution in [0.1, 0.15) is 33.3 Å². The van der Waals surface area contributed by atoms with Gasteiger partial charge in [-0.2, -0.15) is 0 Å². The number of benzene rings is 1. The third kappa shape index (κ3) is 4.22. The predicted molar refractivity (Wildman–Crippen MR) is 75.2 cm³/mol. The summed E-state index contributed by atoms with van der Waals surface area (Å²) in [6.45, 7) is 9.81. The van der Waals surface area contributed by atoms with Crippen molar-refractivity contribution in [2.75, 3.05) is 6.54 Å². The van der Waals surface area contributed by atoms with Gasteiger partial charge in [0.2, 0.25) is 0 Å². The second kappa shape index (κ2) is 6.43. The minimum atomic E-state index is 0.595. The average Bonchev–Trinajstić information content (AvgIpc) is 2.29. The standard InChI is InChI=1S/C15H24N2/c1-11(2)14(12(3)4)10-17-15(16)13-8-6-5-7-9-13/h5-9,11-12,14H,10H2,1-4H3,(H2,16,17).